The second kappa shape index (κ2) is 9.25. The van der Waals surface area contributed by atoms with Gasteiger partial charge in [-0.1, -0.05) is 23.7 Å². The molecule has 1 atom stereocenters. The lowest BCUT2D eigenvalue weighted by Crippen LogP contribution is -2.09. The summed E-state index contributed by atoms with van der Waals surface area (Å²) >= 11 is 6.12. The Kier molecular flexibility index (Phi) is 6.23. The molecule has 1 unspecified atom stereocenters. The lowest BCUT2D eigenvalue weighted by Gasteiger charge is -2.14. The molecule has 10 heteroatoms. The van der Waals surface area contributed by atoms with Crippen LogP contribution in [0.5, 0.6) is 0 Å². The van der Waals surface area contributed by atoms with Crippen LogP contribution in [0.4, 0.5) is 10.1 Å². The number of carbonyl (C=O) groups is 1. The molecule has 0 bridgehead atoms. The maximum atomic E-state index is 14.4. The minimum atomic E-state index is -1.00. The number of hydrogen-bond donors (Lipinski definition) is 0. The molecule has 0 spiro atoms. The van der Waals surface area contributed by atoms with E-state index in [0.717, 1.165) is 0 Å². The van der Waals surface area contributed by atoms with Crippen molar-refractivity contribution in [1.29, 1.82) is 0 Å². The average Bonchev–Trinajstić information content (AvgIpc) is 3.20. The second-order valence-corrected chi connectivity index (χ2v) is 7.69. The normalized spacial score (nSPS) is 11.8. The Morgan fingerprint density at radius 1 is 1.21 bits per heavy atom. The van der Waals surface area contributed by atoms with E-state index in [2.05, 4.69) is 15.1 Å². The maximum absolute atomic E-state index is 14.4. The van der Waals surface area contributed by atoms with Gasteiger partial charge in [0.05, 0.1) is 4.92 Å². The highest BCUT2D eigenvalue weighted by Crippen LogP contribution is 2.33. The number of aryl methyl sites for hydroxylation is 1. The molecule has 166 valence electrons. The highest BCUT2D eigenvalue weighted by atomic mass is 35.5. The summed E-state index contributed by atoms with van der Waals surface area (Å²) in [4.78, 5) is 31.7. The maximum Gasteiger partial charge on any atom is 0.272 e. The minimum absolute atomic E-state index is 0.00460. The van der Waals surface area contributed by atoms with Crippen LogP contribution in [0.1, 0.15) is 17.0 Å². The highest BCUT2D eigenvalue weighted by Gasteiger charge is 2.24. The topological polar surface area (TPSA) is 104 Å². The molecule has 0 saturated carbocycles. The van der Waals surface area contributed by atoms with Gasteiger partial charge in [-0.3, -0.25) is 15.1 Å². The summed E-state index contributed by atoms with van der Waals surface area (Å²) in [6.45, 7) is 0. The molecule has 0 aliphatic carbocycles. The van der Waals surface area contributed by atoms with Gasteiger partial charge in [0.25, 0.3) is 5.69 Å². The van der Waals surface area contributed by atoms with Crippen LogP contribution in [0.25, 0.3) is 22.9 Å². The van der Waals surface area contributed by atoms with Crippen molar-refractivity contribution in [1.82, 2.24) is 19.7 Å². The molecule has 4 rings (SSSR count). The first-order chi connectivity index (χ1) is 15.9. The predicted molar refractivity (Wildman–Crippen MR) is 120 cm³/mol. The van der Waals surface area contributed by atoms with Crippen molar-refractivity contribution in [3.8, 4) is 22.9 Å². The number of benzene rings is 2. The number of aldehydes is 1. The average molecular weight is 466 g/mol. The van der Waals surface area contributed by atoms with Crippen LogP contribution in [-0.4, -0.2) is 31.0 Å². The molecule has 0 fully saturated rings. The Balaban J connectivity index is 1.76. The summed E-state index contributed by atoms with van der Waals surface area (Å²) in [6, 6.07) is 13.9. The van der Waals surface area contributed by atoms with Crippen LogP contribution in [0.15, 0.2) is 60.8 Å². The monoisotopic (exact) mass is 465 g/mol. The Bertz CT molecular complexity index is 1320. The molecule has 33 heavy (non-hydrogen) atoms. The van der Waals surface area contributed by atoms with Crippen LogP contribution in [0.3, 0.4) is 0 Å². The van der Waals surface area contributed by atoms with Crippen LogP contribution in [0.2, 0.25) is 5.02 Å². The number of aromatic nitrogens is 4. The second-order valence-electron chi connectivity index (χ2n) is 7.28. The molecule has 0 amide bonds. The SMILES string of the molecule is Cn1nc(-c2ccccn2)nc1-c1ccc([N+](=O)[O-])c(CC(C=O)c2c(F)cccc2Cl)c1. The van der Waals surface area contributed by atoms with Crippen LogP contribution >= 0.6 is 11.6 Å². The largest absolute Gasteiger partial charge is 0.303 e. The number of nitro benzene ring substituents is 1. The first-order valence-electron chi connectivity index (χ1n) is 9.88. The minimum Gasteiger partial charge on any atom is -0.303 e. The fourth-order valence-corrected chi connectivity index (χ4v) is 3.93. The van der Waals surface area contributed by atoms with E-state index in [4.69, 9.17) is 11.6 Å². The molecule has 0 aliphatic heterocycles. The summed E-state index contributed by atoms with van der Waals surface area (Å²) in [5.74, 6) is -0.793. The molecule has 2 aromatic heterocycles. The fraction of sp³-hybridized carbons (Fsp3) is 0.130. The zero-order valence-electron chi connectivity index (χ0n) is 17.4. The summed E-state index contributed by atoms with van der Waals surface area (Å²) < 4.78 is 15.9. The van der Waals surface area contributed by atoms with Gasteiger partial charge in [0.2, 0.25) is 0 Å². The van der Waals surface area contributed by atoms with E-state index in [1.807, 2.05) is 6.07 Å². The fourth-order valence-electron chi connectivity index (χ4n) is 3.63. The molecular weight excluding hydrogens is 449 g/mol. The van der Waals surface area contributed by atoms with Crippen molar-refractivity contribution >= 4 is 23.6 Å². The summed E-state index contributed by atoms with van der Waals surface area (Å²) in [7, 11) is 1.70. The summed E-state index contributed by atoms with van der Waals surface area (Å²) in [5, 5.41) is 16.1. The van der Waals surface area contributed by atoms with E-state index in [1.54, 1.807) is 42.2 Å². The van der Waals surface area contributed by atoms with E-state index >= 15 is 0 Å². The van der Waals surface area contributed by atoms with Crippen molar-refractivity contribution in [2.75, 3.05) is 0 Å². The van der Waals surface area contributed by atoms with Gasteiger partial charge in [0.15, 0.2) is 11.6 Å². The van der Waals surface area contributed by atoms with Gasteiger partial charge in [0.1, 0.15) is 17.8 Å². The van der Waals surface area contributed by atoms with Gasteiger partial charge < -0.3 is 4.79 Å². The third kappa shape index (κ3) is 4.49. The van der Waals surface area contributed by atoms with Gasteiger partial charge in [0, 0.05) is 46.9 Å². The van der Waals surface area contributed by atoms with Crippen LogP contribution in [0, 0.1) is 15.9 Å². The zero-order valence-corrected chi connectivity index (χ0v) is 18.1. The van der Waals surface area contributed by atoms with Crippen molar-refractivity contribution in [3.63, 3.8) is 0 Å². The van der Waals surface area contributed by atoms with Gasteiger partial charge in [-0.2, -0.15) is 0 Å². The lowest BCUT2D eigenvalue weighted by molar-refractivity contribution is -0.385. The van der Waals surface area contributed by atoms with Crippen molar-refractivity contribution in [2.45, 2.75) is 12.3 Å². The molecule has 2 aromatic carbocycles. The first-order valence-corrected chi connectivity index (χ1v) is 10.3. The van der Waals surface area contributed by atoms with Crippen LogP contribution in [-0.2, 0) is 18.3 Å². The standard InChI is InChI=1S/C23H17ClFN5O3/c1-29-23(27-22(28-29)19-7-2-3-10-26-19)14-8-9-20(30(32)33)15(11-14)12-16(13-31)21-17(24)5-4-6-18(21)25/h2-11,13,16H,12H2,1H3. The van der Waals surface area contributed by atoms with Gasteiger partial charge in [-0.25, -0.2) is 14.1 Å². The quantitative estimate of drug-likeness (QED) is 0.221. The van der Waals surface area contributed by atoms with Crippen molar-refractivity contribution in [2.24, 2.45) is 7.05 Å². The highest BCUT2D eigenvalue weighted by molar-refractivity contribution is 6.31. The van der Waals surface area contributed by atoms with Crippen LogP contribution < -0.4 is 0 Å². The molecule has 2 heterocycles. The van der Waals surface area contributed by atoms with Gasteiger partial charge in [-0.05, 0) is 42.8 Å². The van der Waals surface area contributed by atoms with E-state index in [1.165, 1.54) is 24.3 Å². The number of carbonyl (C=O) groups excluding carboxylic acids is 1. The number of hydrogen-bond acceptors (Lipinski definition) is 6. The smallest absolute Gasteiger partial charge is 0.272 e. The molecular formula is C23H17ClFN5O3. The van der Waals surface area contributed by atoms with Gasteiger partial charge >= 0.3 is 0 Å². The zero-order chi connectivity index (χ0) is 23.5. The molecule has 0 N–H and O–H groups in total. The summed E-state index contributed by atoms with van der Waals surface area (Å²) in [5.41, 5.74) is 1.19. The molecule has 4 aromatic rings. The van der Waals surface area contributed by atoms with Crippen molar-refractivity contribution in [3.05, 3.63) is 92.9 Å². The van der Waals surface area contributed by atoms with E-state index in [9.17, 15) is 19.3 Å². The molecule has 0 saturated heterocycles. The van der Waals surface area contributed by atoms with E-state index < -0.39 is 16.7 Å². The number of nitrogens with zero attached hydrogens (tertiary/aromatic N) is 5. The Labute approximate surface area is 192 Å². The Morgan fingerprint density at radius 2 is 2.03 bits per heavy atom. The number of halogens is 2. The molecule has 8 nitrogen and oxygen atoms in total. The third-order valence-electron chi connectivity index (χ3n) is 5.17. The Morgan fingerprint density at radius 3 is 2.70 bits per heavy atom. The summed E-state index contributed by atoms with van der Waals surface area (Å²) in [6.07, 6.45) is 2.06. The van der Waals surface area contributed by atoms with Gasteiger partial charge in [-0.15, -0.1) is 5.10 Å². The molecule has 0 radical (unpaired) electrons. The Hall–Kier alpha value is -3.98. The third-order valence-corrected chi connectivity index (χ3v) is 5.50. The number of pyridine rings is 1. The predicted octanol–water partition coefficient (Wildman–Crippen LogP) is 4.77. The first kappa shape index (κ1) is 22.2. The van der Waals surface area contributed by atoms with Crippen molar-refractivity contribution < 1.29 is 14.1 Å². The number of rotatable bonds is 7. The lowest BCUT2D eigenvalue weighted by atomic mass is 9.91. The molecule has 0 aliphatic rings. The van der Waals surface area contributed by atoms with E-state index in [0.29, 0.717) is 29.2 Å². The number of nitro groups is 1. The van der Waals surface area contributed by atoms with E-state index in [-0.39, 0.29) is 28.3 Å².